The summed E-state index contributed by atoms with van der Waals surface area (Å²) in [7, 11) is 1.50. The van der Waals surface area contributed by atoms with Crippen LogP contribution in [0.5, 0.6) is 0 Å². The lowest BCUT2D eigenvalue weighted by Gasteiger charge is -2.20. The van der Waals surface area contributed by atoms with Gasteiger partial charge in [-0.25, -0.2) is 4.39 Å². The highest BCUT2D eigenvalue weighted by Gasteiger charge is 2.21. The smallest absolute Gasteiger partial charge is 0.240 e. The zero-order chi connectivity index (χ0) is 16.3. The lowest BCUT2D eigenvalue weighted by Crippen LogP contribution is -2.33. The summed E-state index contributed by atoms with van der Waals surface area (Å²) in [6, 6.07) is 10.1. The molecule has 2 N–H and O–H groups in total. The Balaban J connectivity index is 2.55. The molecule has 114 valence electrons. The summed E-state index contributed by atoms with van der Waals surface area (Å²) >= 11 is 5.93. The van der Waals surface area contributed by atoms with Gasteiger partial charge in [-0.05, 0) is 30.3 Å². The number of hydrogen-bond acceptors (Lipinski definition) is 3. The van der Waals surface area contributed by atoms with Gasteiger partial charge in [0.15, 0.2) is 5.78 Å². The minimum atomic E-state index is -0.633. The van der Waals surface area contributed by atoms with Crippen molar-refractivity contribution in [2.75, 3.05) is 18.5 Å². The second kappa shape index (κ2) is 6.68. The number of hydrogen-bond donors (Lipinski definition) is 1. The second-order valence-electron chi connectivity index (χ2n) is 4.63. The molecular formula is C16H14ClFN2O2. The van der Waals surface area contributed by atoms with Crippen LogP contribution in [-0.2, 0) is 4.79 Å². The standard InChI is InChI=1S/C16H14ClFN2O2/c1-20(15(21)9-19)14-7-6-10(17)8-12(14)16(22)11-4-2-3-5-13(11)18/h2-8H,9,19H2,1H3. The zero-order valence-electron chi connectivity index (χ0n) is 11.8. The van der Waals surface area contributed by atoms with Crippen LogP contribution in [0.25, 0.3) is 0 Å². The molecule has 6 heteroatoms. The van der Waals surface area contributed by atoms with Crippen LogP contribution in [-0.4, -0.2) is 25.3 Å². The SMILES string of the molecule is CN(C(=O)CN)c1ccc(Cl)cc1C(=O)c1ccccc1F. The van der Waals surface area contributed by atoms with Gasteiger partial charge in [0, 0.05) is 17.6 Å². The van der Waals surface area contributed by atoms with E-state index in [0.29, 0.717) is 10.7 Å². The Morgan fingerprint density at radius 3 is 2.50 bits per heavy atom. The van der Waals surface area contributed by atoms with Crippen LogP contribution in [0.15, 0.2) is 42.5 Å². The molecular weight excluding hydrogens is 307 g/mol. The van der Waals surface area contributed by atoms with Crippen molar-refractivity contribution in [3.05, 3.63) is 64.4 Å². The summed E-state index contributed by atoms with van der Waals surface area (Å²) in [4.78, 5) is 25.6. The molecule has 0 saturated carbocycles. The number of rotatable bonds is 4. The number of nitrogens with two attached hydrogens (primary N) is 1. The van der Waals surface area contributed by atoms with Crippen LogP contribution in [0.1, 0.15) is 15.9 Å². The monoisotopic (exact) mass is 320 g/mol. The van der Waals surface area contributed by atoms with Gasteiger partial charge in [-0.2, -0.15) is 0 Å². The van der Waals surface area contributed by atoms with Crippen molar-refractivity contribution in [1.82, 2.24) is 0 Å². The molecule has 0 aliphatic carbocycles. The van der Waals surface area contributed by atoms with E-state index >= 15 is 0 Å². The van der Waals surface area contributed by atoms with E-state index in [1.807, 2.05) is 0 Å². The molecule has 0 aliphatic heterocycles. The molecule has 0 spiro atoms. The number of carbonyl (C=O) groups excluding carboxylic acids is 2. The van der Waals surface area contributed by atoms with Crippen LogP contribution in [0.4, 0.5) is 10.1 Å². The third kappa shape index (κ3) is 3.16. The van der Waals surface area contributed by atoms with Gasteiger partial charge in [-0.15, -0.1) is 0 Å². The molecule has 22 heavy (non-hydrogen) atoms. The van der Waals surface area contributed by atoms with Crippen molar-refractivity contribution >= 4 is 29.0 Å². The Labute approximate surface area is 132 Å². The molecule has 0 atom stereocenters. The maximum absolute atomic E-state index is 13.8. The van der Waals surface area contributed by atoms with Gasteiger partial charge in [-0.3, -0.25) is 9.59 Å². The number of halogens is 2. The van der Waals surface area contributed by atoms with E-state index in [2.05, 4.69) is 0 Å². The molecule has 2 aromatic carbocycles. The van der Waals surface area contributed by atoms with Gasteiger partial charge < -0.3 is 10.6 Å². The number of nitrogens with zero attached hydrogens (tertiary/aromatic N) is 1. The highest BCUT2D eigenvalue weighted by atomic mass is 35.5. The molecule has 0 bridgehead atoms. The van der Waals surface area contributed by atoms with E-state index in [0.717, 1.165) is 0 Å². The highest BCUT2D eigenvalue weighted by Crippen LogP contribution is 2.27. The van der Waals surface area contributed by atoms with E-state index in [9.17, 15) is 14.0 Å². The summed E-state index contributed by atoms with van der Waals surface area (Å²) in [5, 5.41) is 0.317. The first kappa shape index (κ1) is 16.1. The topological polar surface area (TPSA) is 63.4 Å². The fourth-order valence-corrected chi connectivity index (χ4v) is 2.22. The Morgan fingerprint density at radius 2 is 1.86 bits per heavy atom. The van der Waals surface area contributed by atoms with Crippen molar-refractivity contribution in [3.63, 3.8) is 0 Å². The van der Waals surface area contributed by atoms with Gasteiger partial charge in [0.1, 0.15) is 5.82 Å². The van der Waals surface area contributed by atoms with Crippen LogP contribution in [0, 0.1) is 5.82 Å². The summed E-state index contributed by atoms with van der Waals surface area (Å²) in [6.45, 7) is -0.202. The minimum absolute atomic E-state index is 0.0837. The van der Waals surface area contributed by atoms with Gasteiger partial charge in [-0.1, -0.05) is 23.7 Å². The summed E-state index contributed by atoms with van der Waals surface area (Å²) in [6.07, 6.45) is 0. The van der Waals surface area contributed by atoms with Gasteiger partial charge in [0.05, 0.1) is 17.8 Å². The fourth-order valence-electron chi connectivity index (χ4n) is 2.04. The van der Waals surface area contributed by atoms with Crippen LogP contribution < -0.4 is 10.6 Å². The van der Waals surface area contributed by atoms with E-state index < -0.39 is 11.6 Å². The Morgan fingerprint density at radius 1 is 1.18 bits per heavy atom. The Kier molecular flexibility index (Phi) is 4.90. The fraction of sp³-hybridized carbons (Fsp3) is 0.125. The Hall–Kier alpha value is -2.24. The molecule has 2 rings (SSSR count). The lowest BCUT2D eigenvalue weighted by molar-refractivity contribution is -0.117. The lowest BCUT2D eigenvalue weighted by atomic mass is 10.0. The van der Waals surface area contributed by atoms with Gasteiger partial charge in [0.2, 0.25) is 5.91 Å². The molecule has 0 aliphatic rings. The summed E-state index contributed by atoms with van der Waals surface area (Å²) < 4.78 is 13.8. The minimum Gasteiger partial charge on any atom is -0.322 e. The van der Waals surface area contributed by atoms with Crippen LogP contribution in [0.3, 0.4) is 0 Å². The average Bonchev–Trinajstić information content (AvgIpc) is 2.53. The maximum Gasteiger partial charge on any atom is 0.240 e. The number of benzene rings is 2. The maximum atomic E-state index is 13.8. The van der Waals surface area contributed by atoms with Gasteiger partial charge >= 0.3 is 0 Å². The molecule has 0 radical (unpaired) electrons. The molecule has 0 aromatic heterocycles. The predicted molar refractivity (Wildman–Crippen MR) is 83.7 cm³/mol. The average molecular weight is 321 g/mol. The molecule has 0 saturated heterocycles. The number of amides is 1. The molecule has 4 nitrogen and oxygen atoms in total. The molecule has 0 unspecified atom stereocenters. The largest absolute Gasteiger partial charge is 0.322 e. The quantitative estimate of drug-likeness (QED) is 0.881. The highest BCUT2D eigenvalue weighted by molar-refractivity contribution is 6.31. The van der Waals surface area contributed by atoms with Crippen LogP contribution >= 0.6 is 11.6 Å². The van der Waals surface area contributed by atoms with E-state index in [4.69, 9.17) is 17.3 Å². The Bertz CT molecular complexity index is 734. The number of anilines is 1. The van der Waals surface area contributed by atoms with Crippen LogP contribution in [0.2, 0.25) is 5.02 Å². The first-order chi connectivity index (χ1) is 10.5. The van der Waals surface area contributed by atoms with Crippen molar-refractivity contribution in [2.24, 2.45) is 5.73 Å². The first-order valence-corrected chi connectivity index (χ1v) is 6.89. The predicted octanol–water partition coefficient (Wildman–Crippen LogP) is 2.63. The third-order valence-corrected chi connectivity index (χ3v) is 3.47. The third-order valence-electron chi connectivity index (χ3n) is 3.23. The molecule has 1 amide bonds. The second-order valence-corrected chi connectivity index (χ2v) is 5.06. The summed E-state index contributed by atoms with van der Waals surface area (Å²) in [5.74, 6) is -1.55. The molecule has 2 aromatic rings. The van der Waals surface area contributed by atoms with Crippen molar-refractivity contribution in [3.8, 4) is 0 Å². The van der Waals surface area contributed by atoms with Gasteiger partial charge in [0.25, 0.3) is 0 Å². The van der Waals surface area contributed by atoms with Crippen molar-refractivity contribution in [1.29, 1.82) is 0 Å². The van der Waals surface area contributed by atoms with E-state index in [1.54, 1.807) is 12.1 Å². The number of carbonyl (C=O) groups is 2. The van der Waals surface area contributed by atoms with E-state index in [-0.39, 0.29) is 23.6 Å². The number of ketones is 1. The van der Waals surface area contributed by atoms with Crippen molar-refractivity contribution in [2.45, 2.75) is 0 Å². The summed E-state index contributed by atoms with van der Waals surface area (Å²) in [5.41, 5.74) is 5.72. The molecule has 0 heterocycles. The van der Waals surface area contributed by atoms with Crippen molar-refractivity contribution < 1.29 is 14.0 Å². The molecule has 0 fully saturated rings. The zero-order valence-corrected chi connectivity index (χ0v) is 12.6. The first-order valence-electron chi connectivity index (χ1n) is 6.51. The number of likely N-dealkylation sites (N-methyl/N-ethyl adjacent to an activating group) is 1. The normalized spacial score (nSPS) is 10.4. The van der Waals surface area contributed by atoms with E-state index in [1.165, 1.54) is 42.3 Å².